The number of nitrogen functional groups attached to an aromatic ring is 1. The SMILES string of the molecule is CCCOC(O)SNC(=O)c1ccc2c(c1)n(CC)c(CNC(=O)c1nc(Br)cnc1N)[n+]2CC. The lowest BCUT2D eigenvalue weighted by molar-refractivity contribution is -0.676. The fourth-order valence-corrected chi connectivity index (χ4v) is 4.40. The van der Waals surface area contributed by atoms with E-state index in [4.69, 9.17) is 10.5 Å². The Balaban J connectivity index is 1.84. The van der Waals surface area contributed by atoms with Crippen molar-refractivity contribution in [1.82, 2.24) is 24.6 Å². The molecule has 5 N–H and O–H groups in total. The van der Waals surface area contributed by atoms with Gasteiger partial charge in [-0.1, -0.05) is 6.92 Å². The number of hydrogen-bond acceptors (Lipinski definition) is 8. The monoisotopic (exact) mass is 566 g/mol. The molecule has 188 valence electrons. The van der Waals surface area contributed by atoms with Crippen LogP contribution >= 0.6 is 27.9 Å². The van der Waals surface area contributed by atoms with Crippen LogP contribution in [0, 0.1) is 0 Å². The topological polar surface area (TPSA) is 148 Å². The predicted molar refractivity (Wildman–Crippen MR) is 136 cm³/mol. The van der Waals surface area contributed by atoms with Gasteiger partial charge in [-0.2, -0.15) is 0 Å². The molecule has 3 aromatic rings. The molecule has 2 aromatic heterocycles. The number of aromatic nitrogens is 4. The van der Waals surface area contributed by atoms with E-state index in [-0.39, 0.29) is 24.0 Å². The number of nitrogens with zero attached hydrogens (tertiary/aromatic N) is 4. The third-order valence-electron chi connectivity index (χ3n) is 5.19. The molecule has 0 radical (unpaired) electrons. The maximum atomic E-state index is 12.7. The van der Waals surface area contributed by atoms with Gasteiger partial charge in [0.25, 0.3) is 17.6 Å². The van der Waals surface area contributed by atoms with E-state index in [0.717, 1.165) is 35.2 Å². The van der Waals surface area contributed by atoms with Gasteiger partial charge in [0.2, 0.25) is 5.62 Å². The minimum atomic E-state index is -1.14. The molecule has 0 fully saturated rings. The van der Waals surface area contributed by atoms with E-state index in [1.807, 2.05) is 31.4 Å². The highest BCUT2D eigenvalue weighted by molar-refractivity contribution is 9.10. The minimum Gasteiger partial charge on any atom is -0.382 e. The second-order valence-electron chi connectivity index (χ2n) is 7.44. The van der Waals surface area contributed by atoms with Crippen LogP contribution in [-0.4, -0.2) is 43.7 Å². The summed E-state index contributed by atoms with van der Waals surface area (Å²) in [5, 5.41) is 12.7. The summed E-state index contributed by atoms with van der Waals surface area (Å²) in [7, 11) is 0. The molecule has 0 aliphatic heterocycles. The Morgan fingerprint density at radius 2 is 2.09 bits per heavy atom. The lowest BCUT2D eigenvalue weighted by Gasteiger charge is -2.11. The first kappa shape index (κ1) is 26.9. The smallest absolute Gasteiger partial charge is 0.277 e. The van der Waals surface area contributed by atoms with Crippen molar-refractivity contribution >= 4 is 56.5 Å². The van der Waals surface area contributed by atoms with E-state index in [1.165, 1.54) is 6.20 Å². The molecule has 11 nitrogen and oxygen atoms in total. The van der Waals surface area contributed by atoms with Gasteiger partial charge in [-0.15, -0.1) is 0 Å². The molecule has 1 aromatic carbocycles. The first-order chi connectivity index (χ1) is 16.8. The van der Waals surface area contributed by atoms with Gasteiger partial charge in [0.1, 0.15) is 11.1 Å². The summed E-state index contributed by atoms with van der Waals surface area (Å²) < 4.78 is 12.3. The molecule has 2 heterocycles. The van der Waals surface area contributed by atoms with E-state index in [2.05, 4.69) is 40.5 Å². The number of nitrogens with one attached hydrogen (secondary N) is 2. The Hall–Kier alpha value is -2.74. The molecule has 2 amide bonds. The number of fused-ring (bicyclic) bond motifs is 1. The Kier molecular flexibility index (Phi) is 9.43. The highest BCUT2D eigenvalue weighted by Crippen LogP contribution is 2.19. The minimum absolute atomic E-state index is 0.0446. The number of carbonyl (C=O) groups is 2. The largest absolute Gasteiger partial charge is 0.382 e. The number of hydrogen-bond donors (Lipinski definition) is 4. The van der Waals surface area contributed by atoms with Crippen molar-refractivity contribution in [2.75, 3.05) is 12.3 Å². The first-order valence-electron chi connectivity index (χ1n) is 11.2. The van der Waals surface area contributed by atoms with Gasteiger partial charge in [-0.3, -0.25) is 14.3 Å². The van der Waals surface area contributed by atoms with Crippen molar-refractivity contribution in [3.05, 3.63) is 46.1 Å². The maximum absolute atomic E-state index is 12.7. The average Bonchev–Trinajstić information content (AvgIpc) is 3.17. The number of carbonyl (C=O) groups excluding carboxylic acids is 2. The first-order valence-corrected chi connectivity index (χ1v) is 12.8. The number of benzene rings is 1. The van der Waals surface area contributed by atoms with Crippen molar-refractivity contribution in [2.24, 2.45) is 0 Å². The van der Waals surface area contributed by atoms with Crippen molar-refractivity contribution in [3.63, 3.8) is 0 Å². The van der Waals surface area contributed by atoms with E-state index in [1.54, 1.807) is 12.1 Å². The Morgan fingerprint density at radius 3 is 2.77 bits per heavy atom. The number of amides is 2. The number of imidazole rings is 1. The van der Waals surface area contributed by atoms with Crippen LogP contribution in [0.4, 0.5) is 5.82 Å². The zero-order valence-electron chi connectivity index (χ0n) is 19.7. The number of nitrogens with two attached hydrogens (primary N) is 1. The van der Waals surface area contributed by atoms with E-state index < -0.39 is 11.5 Å². The Bertz CT molecular complexity index is 1220. The maximum Gasteiger partial charge on any atom is 0.277 e. The zero-order valence-corrected chi connectivity index (χ0v) is 22.1. The van der Waals surface area contributed by atoms with Gasteiger partial charge in [0.05, 0.1) is 25.9 Å². The second-order valence-corrected chi connectivity index (χ2v) is 9.10. The number of aliphatic hydroxyl groups is 1. The van der Waals surface area contributed by atoms with Crippen LogP contribution in [0.1, 0.15) is 53.9 Å². The summed E-state index contributed by atoms with van der Waals surface area (Å²) in [5.74, 6) is 0.119. The number of aliphatic hydroxyl groups excluding tert-OH is 1. The summed E-state index contributed by atoms with van der Waals surface area (Å²) in [4.78, 5) is 33.5. The molecule has 1 atom stereocenters. The molecule has 35 heavy (non-hydrogen) atoms. The molecule has 0 aliphatic carbocycles. The molecular formula is C22H29BrN7O4S+. The van der Waals surface area contributed by atoms with Gasteiger partial charge < -0.3 is 20.9 Å². The summed E-state index contributed by atoms with van der Waals surface area (Å²) >= 11 is 4.01. The fourth-order valence-electron chi connectivity index (χ4n) is 3.63. The molecule has 0 spiro atoms. The Labute approximate surface area is 215 Å². The van der Waals surface area contributed by atoms with Gasteiger partial charge >= 0.3 is 0 Å². The molecular weight excluding hydrogens is 538 g/mol. The lowest BCUT2D eigenvalue weighted by atomic mass is 10.2. The predicted octanol–water partition coefficient (Wildman–Crippen LogP) is 2.11. The van der Waals surface area contributed by atoms with Gasteiger partial charge in [0.15, 0.2) is 22.5 Å². The molecule has 0 aliphatic rings. The summed E-state index contributed by atoms with van der Waals surface area (Å²) in [6.07, 6.45) is 2.19. The molecule has 0 bridgehead atoms. The van der Waals surface area contributed by atoms with E-state index in [9.17, 15) is 14.7 Å². The van der Waals surface area contributed by atoms with E-state index >= 15 is 0 Å². The fraction of sp³-hybridized carbons (Fsp3) is 0.409. The van der Waals surface area contributed by atoms with Crippen LogP contribution in [0.3, 0.4) is 0 Å². The molecule has 0 saturated heterocycles. The van der Waals surface area contributed by atoms with Crippen LogP contribution in [-0.2, 0) is 24.4 Å². The van der Waals surface area contributed by atoms with Gasteiger partial charge in [-0.25, -0.2) is 19.1 Å². The van der Waals surface area contributed by atoms with Crippen LogP contribution in [0.2, 0.25) is 0 Å². The molecule has 1 unspecified atom stereocenters. The van der Waals surface area contributed by atoms with E-state index in [0.29, 0.717) is 29.9 Å². The Morgan fingerprint density at radius 1 is 1.31 bits per heavy atom. The summed E-state index contributed by atoms with van der Waals surface area (Å²) in [6, 6.07) is 5.39. The van der Waals surface area contributed by atoms with Crippen LogP contribution < -0.4 is 20.3 Å². The normalized spacial score (nSPS) is 12.0. The number of rotatable bonds is 11. The standard InChI is InChI=1S/C22H28BrN7O4S/c1-4-9-34-22(33)35-28-20(31)13-7-8-14-15(10-13)30(6-3)17(29(14)5-2)12-26-21(32)18-19(24)25-11-16(23)27-18/h7-8,10-11,22,33H,4-6,9,12H2,1-3H3,(H3-,24,25,26,28,31,32)/p+1. The number of halogens is 1. The lowest BCUT2D eigenvalue weighted by Crippen LogP contribution is -2.40. The van der Waals surface area contributed by atoms with Crippen LogP contribution in [0.25, 0.3) is 11.0 Å². The van der Waals surface area contributed by atoms with Gasteiger partial charge in [0, 0.05) is 23.6 Å². The second kappa shape index (κ2) is 12.3. The van der Waals surface area contributed by atoms with Crippen molar-refractivity contribution in [2.45, 2.75) is 52.4 Å². The van der Waals surface area contributed by atoms with Crippen molar-refractivity contribution in [3.8, 4) is 0 Å². The van der Waals surface area contributed by atoms with Crippen molar-refractivity contribution in [1.29, 1.82) is 0 Å². The third kappa shape index (κ3) is 6.28. The average molecular weight is 567 g/mol. The quantitative estimate of drug-likeness (QED) is 0.157. The van der Waals surface area contributed by atoms with Crippen LogP contribution in [0.15, 0.2) is 29.0 Å². The summed E-state index contributed by atoms with van der Waals surface area (Å²) in [6.45, 7) is 7.84. The molecule has 13 heteroatoms. The summed E-state index contributed by atoms with van der Waals surface area (Å²) in [5.41, 5.74) is 6.94. The number of aryl methyl sites for hydroxylation is 2. The molecule has 0 saturated carbocycles. The van der Waals surface area contributed by atoms with Crippen LogP contribution in [0.5, 0.6) is 0 Å². The third-order valence-corrected chi connectivity index (χ3v) is 6.21. The highest BCUT2D eigenvalue weighted by Gasteiger charge is 2.26. The zero-order chi connectivity index (χ0) is 25.5. The van der Waals surface area contributed by atoms with Gasteiger partial charge in [-0.05, 0) is 48.3 Å². The van der Waals surface area contributed by atoms with Crippen molar-refractivity contribution < 1.29 is 24.0 Å². The highest BCUT2D eigenvalue weighted by atomic mass is 79.9. The molecule has 3 rings (SSSR count). The number of ether oxygens (including phenoxy) is 1. The number of anilines is 1.